The lowest BCUT2D eigenvalue weighted by Gasteiger charge is -2.35. The van der Waals surface area contributed by atoms with Crippen molar-refractivity contribution in [1.82, 2.24) is 10.3 Å². The normalized spacial score (nSPS) is 19.0. The minimum Gasteiger partial charge on any atom is -0.475 e. The number of hydrogen-bond donors (Lipinski definition) is 1. The number of nitro groups is 1. The van der Waals surface area contributed by atoms with Crippen LogP contribution in [0.1, 0.15) is 27.2 Å². The summed E-state index contributed by atoms with van der Waals surface area (Å²) in [5.41, 5.74) is -0.828. The average molecular weight is 309 g/mol. The maximum absolute atomic E-state index is 12.3. The van der Waals surface area contributed by atoms with Crippen LogP contribution in [0.15, 0.2) is 18.5 Å². The van der Waals surface area contributed by atoms with Crippen LogP contribution in [0.3, 0.4) is 0 Å². The number of carbonyl (C=O) groups is 1. The van der Waals surface area contributed by atoms with Gasteiger partial charge in [-0.2, -0.15) is 0 Å². The van der Waals surface area contributed by atoms with Crippen LogP contribution < -0.4 is 10.1 Å². The van der Waals surface area contributed by atoms with Crippen molar-refractivity contribution in [1.29, 1.82) is 0 Å². The molecule has 0 amide bonds. The first kappa shape index (κ1) is 16.2. The highest BCUT2D eigenvalue weighted by atomic mass is 16.6. The van der Waals surface area contributed by atoms with Gasteiger partial charge in [-0.25, -0.2) is 4.79 Å². The van der Waals surface area contributed by atoms with E-state index in [1.807, 2.05) is 0 Å². The largest absolute Gasteiger partial charge is 0.475 e. The molecule has 120 valence electrons. The molecule has 0 radical (unpaired) electrons. The summed E-state index contributed by atoms with van der Waals surface area (Å²) in [6, 6.07) is 1.07. The zero-order valence-corrected chi connectivity index (χ0v) is 12.7. The first-order valence-corrected chi connectivity index (χ1v) is 6.98. The molecule has 0 saturated carbocycles. The first-order chi connectivity index (χ1) is 10.3. The number of pyridine rings is 1. The lowest BCUT2D eigenvalue weighted by atomic mass is 10.0. The molecule has 1 aromatic heterocycles. The Bertz CT molecular complexity index is 566. The fourth-order valence-corrected chi connectivity index (χ4v) is 1.94. The van der Waals surface area contributed by atoms with Crippen molar-refractivity contribution in [3.8, 4) is 5.75 Å². The van der Waals surface area contributed by atoms with Crippen molar-refractivity contribution >= 4 is 11.7 Å². The van der Waals surface area contributed by atoms with Crippen LogP contribution in [0.25, 0.3) is 0 Å². The third kappa shape index (κ3) is 4.14. The summed E-state index contributed by atoms with van der Waals surface area (Å²) in [4.78, 5) is 26.2. The van der Waals surface area contributed by atoms with Gasteiger partial charge < -0.3 is 14.8 Å². The van der Waals surface area contributed by atoms with Crippen LogP contribution in [0.2, 0.25) is 0 Å². The molecule has 1 fully saturated rings. The van der Waals surface area contributed by atoms with Crippen LogP contribution in [0.5, 0.6) is 5.75 Å². The highest BCUT2D eigenvalue weighted by molar-refractivity contribution is 5.76. The quantitative estimate of drug-likeness (QED) is 0.498. The van der Waals surface area contributed by atoms with Crippen molar-refractivity contribution in [3.05, 3.63) is 28.6 Å². The Labute approximate surface area is 128 Å². The van der Waals surface area contributed by atoms with E-state index in [9.17, 15) is 14.9 Å². The van der Waals surface area contributed by atoms with E-state index < -0.39 is 22.6 Å². The topological polar surface area (TPSA) is 104 Å². The van der Waals surface area contributed by atoms with Gasteiger partial charge in [0.1, 0.15) is 17.5 Å². The summed E-state index contributed by atoms with van der Waals surface area (Å²) in [7, 11) is 0. The van der Waals surface area contributed by atoms with Crippen LogP contribution in [-0.4, -0.2) is 40.2 Å². The number of carbonyl (C=O) groups excluding carboxylic acids is 1. The van der Waals surface area contributed by atoms with Gasteiger partial charge in [0.2, 0.25) is 6.10 Å². The van der Waals surface area contributed by atoms with E-state index in [-0.39, 0.29) is 17.5 Å². The van der Waals surface area contributed by atoms with Crippen molar-refractivity contribution in [3.63, 3.8) is 0 Å². The molecule has 2 rings (SSSR count). The Kier molecular flexibility index (Phi) is 4.60. The van der Waals surface area contributed by atoms with Crippen molar-refractivity contribution in [2.75, 3.05) is 6.54 Å². The van der Waals surface area contributed by atoms with Crippen molar-refractivity contribution in [2.45, 2.75) is 44.9 Å². The summed E-state index contributed by atoms with van der Waals surface area (Å²) < 4.78 is 11.0. The monoisotopic (exact) mass is 309 g/mol. The predicted molar refractivity (Wildman–Crippen MR) is 77.6 cm³/mol. The zero-order chi connectivity index (χ0) is 16.3. The molecule has 8 heteroatoms. The molecule has 1 saturated heterocycles. The molecule has 0 aliphatic carbocycles. The van der Waals surface area contributed by atoms with Gasteiger partial charge in [0, 0.05) is 0 Å². The SMILES string of the molecule is CC(C)(C)OC(=O)C(Oc1cncc([N+](=O)[O-])c1)[C@@H]1CCN1. The first-order valence-electron chi connectivity index (χ1n) is 6.98. The summed E-state index contributed by atoms with van der Waals surface area (Å²) >= 11 is 0. The lowest BCUT2D eigenvalue weighted by Crippen LogP contribution is -2.57. The van der Waals surface area contributed by atoms with Gasteiger partial charge in [0.05, 0.1) is 23.2 Å². The minimum atomic E-state index is -0.864. The van der Waals surface area contributed by atoms with Crippen LogP contribution in [0.4, 0.5) is 5.69 Å². The Morgan fingerprint density at radius 2 is 2.18 bits per heavy atom. The molecule has 1 aliphatic heterocycles. The molecule has 1 N–H and O–H groups in total. The standard InChI is InChI=1S/C14H19N3O5/c1-14(2,3)22-13(18)12(11-4-5-16-11)21-10-6-9(17(19)20)7-15-8-10/h6-8,11-12,16H,4-5H2,1-3H3/t11-,12?/m0/s1. The number of rotatable bonds is 5. The van der Waals surface area contributed by atoms with Gasteiger partial charge in [-0.15, -0.1) is 0 Å². The number of esters is 1. The number of ether oxygens (including phenoxy) is 2. The fraction of sp³-hybridized carbons (Fsp3) is 0.571. The van der Waals surface area contributed by atoms with E-state index in [1.165, 1.54) is 12.3 Å². The van der Waals surface area contributed by atoms with E-state index in [2.05, 4.69) is 10.3 Å². The molecule has 1 aromatic rings. The molecule has 2 heterocycles. The summed E-state index contributed by atoms with van der Waals surface area (Å²) in [6.07, 6.45) is 2.36. The van der Waals surface area contributed by atoms with E-state index in [1.54, 1.807) is 20.8 Å². The van der Waals surface area contributed by atoms with Gasteiger partial charge in [0.15, 0.2) is 0 Å². The maximum atomic E-state index is 12.3. The molecule has 2 atom stereocenters. The second-order valence-electron chi connectivity index (χ2n) is 6.06. The zero-order valence-electron chi connectivity index (χ0n) is 12.7. The predicted octanol–water partition coefficient (Wildman–Crippen LogP) is 1.44. The molecule has 1 unspecified atom stereocenters. The Morgan fingerprint density at radius 3 is 2.68 bits per heavy atom. The van der Waals surface area contributed by atoms with Gasteiger partial charge >= 0.3 is 5.97 Å². The Balaban J connectivity index is 2.14. The van der Waals surface area contributed by atoms with Crippen LogP contribution in [0, 0.1) is 10.1 Å². The second kappa shape index (κ2) is 6.27. The second-order valence-corrected chi connectivity index (χ2v) is 6.06. The fourth-order valence-electron chi connectivity index (χ4n) is 1.94. The van der Waals surface area contributed by atoms with Gasteiger partial charge in [0.25, 0.3) is 5.69 Å². The number of nitrogens with one attached hydrogen (secondary N) is 1. The maximum Gasteiger partial charge on any atom is 0.349 e. The van der Waals surface area contributed by atoms with Crippen LogP contribution in [-0.2, 0) is 9.53 Å². The highest BCUT2D eigenvalue weighted by Gasteiger charge is 2.37. The third-order valence-corrected chi connectivity index (χ3v) is 3.04. The van der Waals surface area contributed by atoms with E-state index >= 15 is 0 Å². The van der Waals surface area contributed by atoms with Gasteiger partial charge in [-0.1, -0.05) is 0 Å². The number of hydrogen-bond acceptors (Lipinski definition) is 7. The van der Waals surface area contributed by atoms with E-state index in [4.69, 9.17) is 9.47 Å². The molecule has 22 heavy (non-hydrogen) atoms. The molecular formula is C14H19N3O5. The molecule has 1 aliphatic rings. The summed E-state index contributed by atoms with van der Waals surface area (Å²) in [5, 5.41) is 13.9. The average Bonchev–Trinajstić information content (AvgIpc) is 2.34. The van der Waals surface area contributed by atoms with E-state index in [0.29, 0.717) is 0 Å². The molecule has 0 spiro atoms. The summed E-state index contributed by atoms with van der Waals surface area (Å²) in [5.74, 6) is -0.338. The third-order valence-electron chi connectivity index (χ3n) is 3.04. The minimum absolute atomic E-state index is 0.166. The van der Waals surface area contributed by atoms with E-state index in [0.717, 1.165) is 19.2 Å². The Hall–Kier alpha value is -2.22. The molecule has 8 nitrogen and oxygen atoms in total. The van der Waals surface area contributed by atoms with Crippen molar-refractivity contribution in [2.24, 2.45) is 0 Å². The Morgan fingerprint density at radius 1 is 1.50 bits per heavy atom. The van der Waals surface area contributed by atoms with Crippen LogP contribution >= 0.6 is 0 Å². The smallest absolute Gasteiger partial charge is 0.349 e. The lowest BCUT2D eigenvalue weighted by molar-refractivity contribution is -0.385. The highest BCUT2D eigenvalue weighted by Crippen LogP contribution is 2.22. The molecule has 0 bridgehead atoms. The molecular weight excluding hydrogens is 290 g/mol. The summed E-state index contributed by atoms with van der Waals surface area (Å²) in [6.45, 7) is 6.10. The number of nitrogens with zero attached hydrogens (tertiary/aromatic N) is 2. The number of aromatic nitrogens is 1. The van der Waals surface area contributed by atoms with Gasteiger partial charge in [-0.3, -0.25) is 15.1 Å². The molecule has 0 aromatic carbocycles. The van der Waals surface area contributed by atoms with Gasteiger partial charge in [-0.05, 0) is 33.7 Å². The van der Waals surface area contributed by atoms with Crippen molar-refractivity contribution < 1.29 is 19.2 Å².